The van der Waals surface area contributed by atoms with Crippen molar-refractivity contribution in [2.45, 2.75) is 9.10 Å². The number of fused-ring (bicyclic) bond motifs is 1. The lowest BCUT2D eigenvalue weighted by Gasteiger charge is -2.26. The number of nitrogen functional groups attached to an aromatic ring is 1. The first-order chi connectivity index (χ1) is 9.42. The van der Waals surface area contributed by atoms with Crippen LogP contribution < -0.4 is 11.1 Å². The van der Waals surface area contributed by atoms with Gasteiger partial charge in [-0.2, -0.15) is 8.42 Å². The van der Waals surface area contributed by atoms with Crippen molar-refractivity contribution in [2.24, 2.45) is 0 Å². The summed E-state index contributed by atoms with van der Waals surface area (Å²) in [7, 11) is -4.39. The van der Waals surface area contributed by atoms with Crippen LogP contribution in [0.25, 0.3) is 0 Å². The van der Waals surface area contributed by atoms with E-state index in [9.17, 15) is 13.0 Å². The van der Waals surface area contributed by atoms with E-state index in [1.807, 2.05) is 6.07 Å². The quantitative estimate of drug-likeness (QED) is 0.583. The zero-order chi connectivity index (χ0) is 14.4. The van der Waals surface area contributed by atoms with Crippen molar-refractivity contribution in [3.8, 4) is 0 Å². The summed E-state index contributed by atoms with van der Waals surface area (Å²) in [4.78, 5) is 0.766. The normalized spacial score (nSPS) is 21.2. The first-order valence-electron chi connectivity index (χ1n) is 5.82. The highest BCUT2D eigenvalue weighted by atomic mass is 32.3. The van der Waals surface area contributed by atoms with Gasteiger partial charge < -0.3 is 11.1 Å². The van der Waals surface area contributed by atoms with Crippen LogP contribution >= 0.6 is 11.8 Å². The van der Waals surface area contributed by atoms with Crippen molar-refractivity contribution < 1.29 is 13.0 Å². The molecule has 0 radical (unpaired) electrons. The molecule has 1 atom stereocenters. The Hall–Kier alpha value is -1.70. The van der Waals surface area contributed by atoms with Gasteiger partial charge in [0.1, 0.15) is 0 Å². The van der Waals surface area contributed by atoms with Crippen LogP contribution in [-0.4, -0.2) is 13.0 Å². The third kappa shape index (κ3) is 1.94. The molecule has 7 heteroatoms. The fourth-order valence-electron chi connectivity index (χ4n) is 2.12. The van der Waals surface area contributed by atoms with E-state index in [0.29, 0.717) is 16.9 Å². The molecule has 0 saturated heterocycles. The minimum Gasteiger partial charge on any atom is -0.399 e. The maximum Gasteiger partial charge on any atom is 0.304 e. The molecule has 20 heavy (non-hydrogen) atoms. The Morgan fingerprint density at radius 3 is 2.35 bits per heavy atom. The Labute approximate surface area is 120 Å². The van der Waals surface area contributed by atoms with Gasteiger partial charge in [0.2, 0.25) is 4.20 Å². The molecule has 1 aliphatic rings. The average molecular weight is 308 g/mol. The van der Waals surface area contributed by atoms with E-state index < -0.39 is 14.3 Å². The van der Waals surface area contributed by atoms with Crippen LogP contribution in [0.15, 0.2) is 53.4 Å². The maximum absolute atomic E-state index is 12.0. The van der Waals surface area contributed by atoms with Gasteiger partial charge in [-0.25, -0.2) is 0 Å². The molecule has 2 aromatic carbocycles. The smallest absolute Gasteiger partial charge is 0.304 e. The van der Waals surface area contributed by atoms with Crippen LogP contribution in [-0.2, 0) is 14.3 Å². The molecule has 0 aliphatic carbocycles. The van der Waals surface area contributed by atoms with Gasteiger partial charge in [0.25, 0.3) is 0 Å². The van der Waals surface area contributed by atoms with Gasteiger partial charge in [0.15, 0.2) is 0 Å². The van der Waals surface area contributed by atoms with Gasteiger partial charge in [-0.05, 0) is 24.3 Å². The first kappa shape index (κ1) is 13.3. The van der Waals surface area contributed by atoms with E-state index in [-0.39, 0.29) is 0 Å². The fourth-order valence-corrected chi connectivity index (χ4v) is 4.58. The molecule has 1 aliphatic heterocycles. The minimum absolute atomic E-state index is 0.426. The molecule has 3 rings (SSSR count). The van der Waals surface area contributed by atoms with Crippen LogP contribution in [0.4, 0.5) is 11.4 Å². The van der Waals surface area contributed by atoms with Crippen molar-refractivity contribution in [2.75, 3.05) is 11.1 Å². The molecule has 0 saturated carbocycles. The number of para-hydroxylation sites is 1. The number of anilines is 2. The van der Waals surface area contributed by atoms with E-state index in [1.165, 1.54) is 0 Å². The molecule has 0 amide bonds. The second-order valence-corrected chi connectivity index (χ2v) is 7.51. The zero-order valence-corrected chi connectivity index (χ0v) is 11.9. The molecule has 4 N–H and O–H groups in total. The highest BCUT2D eigenvalue weighted by Gasteiger charge is 2.50. The third-order valence-electron chi connectivity index (χ3n) is 3.09. The molecule has 1 unspecified atom stereocenters. The predicted octanol–water partition coefficient (Wildman–Crippen LogP) is 2.48. The molecular formula is C13H12N2O3S2. The second-order valence-electron chi connectivity index (χ2n) is 4.44. The first-order valence-corrected chi connectivity index (χ1v) is 8.07. The Morgan fingerprint density at radius 2 is 1.75 bits per heavy atom. The molecule has 0 spiro atoms. The average Bonchev–Trinajstić information content (AvgIpc) is 2.79. The molecular weight excluding hydrogens is 296 g/mol. The fraction of sp³-hybridized carbons (Fsp3) is 0.0769. The summed E-state index contributed by atoms with van der Waals surface area (Å²) in [6.07, 6.45) is 0. The van der Waals surface area contributed by atoms with Gasteiger partial charge in [-0.1, -0.05) is 36.0 Å². The lowest BCUT2D eigenvalue weighted by molar-refractivity contribution is 0.468. The monoisotopic (exact) mass is 308 g/mol. The summed E-state index contributed by atoms with van der Waals surface area (Å²) < 4.78 is 32.0. The van der Waals surface area contributed by atoms with Crippen molar-refractivity contribution in [3.63, 3.8) is 0 Å². The summed E-state index contributed by atoms with van der Waals surface area (Å²) in [5, 5.41) is 2.91. The van der Waals surface area contributed by atoms with Gasteiger partial charge in [0, 0.05) is 16.1 Å². The third-order valence-corrected chi connectivity index (χ3v) is 6.24. The van der Waals surface area contributed by atoms with Crippen molar-refractivity contribution >= 4 is 33.3 Å². The number of rotatable bonds is 2. The van der Waals surface area contributed by atoms with Gasteiger partial charge in [0.05, 0.1) is 5.69 Å². The molecule has 2 aromatic rings. The molecule has 0 bridgehead atoms. The van der Waals surface area contributed by atoms with Crippen LogP contribution in [0.2, 0.25) is 0 Å². The highest BCUT2D eigenvalue weighted by molar-refractivity contribution is 8.12. The van der Waals surface area contributed by atoms with E-state index in [0.717, 1.165) is 16.7 Å². The Bertz CT molecular complexity index is 732. The van der Waals surface area contributed by atoms with Crippen LogP contribution in [0.3, 0.4) is 0 Å². The highest BCUT2D eigenvalue weighted by Crippen LogP contribution is 2.53. The lowest BCUT2D eigenvalue weighted by Crippen LogP contribution is -2.37. The number of nitrogens with one attached hydrogen (secondary N) is 1. The van der Waals surface area contributed by atoms with Crippen molar-refractivity contribution in [1.82, 2.24) is 0 Å². The molecule has 104 valence electrons. The Morgan fingerprint density at radius 1 is 1.10 bits per heavy atom. The number of nitrogens with two attached hydrogens (primary N) is 1. The summed E-state index contributed by atoms with van der Waals surface area (Å²) in [5.74, 6) is 0. The number of hydrogen-bond acceptors (Lipinski definition) is 5. The van der Waals surface area contributed by atoms with Crippen molar-refractivity contribution in [3.05, 3.63) is 54.1 Å². The Balaban J connectivity index is 2.17. The number of hydrogen-bond donors (Lipinski definition) is 3. The zero-order valence-electron chi connectivity index (χ0n) is 10.3. The predicted molar refractivity (Wildman–Crippen MR) is 80.0 cm³/mol. The standard InChI is InChI=1S/C13H12N2O3S2/c14-10-7-5-9(6-8-10)13(20(16,17)18)15-11-3-1-2-4-12(11)19-13/h1-8,15H,14H2,(H,16,17,18). The minimum atomic E-state index is -4.39. The van der Waals surface area contributed by atoms with Crippen LogP contribution in [0, 0.1) is 0 Å². The van der Waals surface area contributed by atoms with Gasteiger partial charge in [-0.15, -0.1) is 0 Å². The van der Waals surface area contributed by atoms with Crippen LogP contribution in [0.1, 0.15) is 5.56 Å². The summed E-state index contributed by atoms with van der Waals surface area (Å²) in [6, 6.07) is 13.6. The summed E-state index contributed by atoms with van der Waals surface area (Å²) in [6.45, 7) is 0. The summed E-state index contributed by atoms with van der Waals surface area (Å²) in [5.41, 5.74) is 7.25. The number of thioether (sulfide) groups is 1. The largest absolute Gasteiger partial charge is 0.399 e. The van der Waals surface area contributed by atoms with Crippen LogP contribution in [0.5, 0.6) is 0 Å². The van der Waals surface area contributed by atoms with Gasteiger partial charge in [-0.3, -0.25) is 4.55 Å². The molecule has 5 nitrogen and oxygen atoms in total. The van der Waals surface area contributed by atoms with E-state index in [4.69, 9.17) is 5.73 Å². The molecule has 0 aromatic heterocycles. The van der Waals surface area contributed by atoms with E-state index >= 15 is 0 Å². The van der Waals surface area contributed by atoms with E-state index in [1.54, 1.807) is 42.5 Å². The summed E-state index contributed by atoms with van der Waals surface area (Å²) >= 11 is 1.06. The maximum atomic E-state index is 12.0. The van der Waals surface area contributed by atoms with E-state index in [2.05, 4.69) is 5.32 Å². The Kier molecular flexibility index (Phi) is 2.93. The topological polar surface area (TPSA) is 92.4 Å². The second kappa shape index (κ2) is 4.41. The molecule has 0 fully saturated rings. The lowest BCUT2D eigenvalue weighted by atomic mass is 10.2. The number of benzene rings is 2. The van der Waals surface area contributed by atoms with Gasteiger partial charge >= 0.3 is 10.1 Å². The molecule has 1 heterocycles. The van der Waals surface area contributed by atoms with Crippen molar-refractivity contribution in [1.29, 1.82) is 0 Å². The SMILES string of the molecule is Nc1ccc(C2(S(=O)(=O)O)Nc3ccccc3S2)cc1.